The van der Waals surface area contributed by atoms with Crippen molar-refractivity contribution >= 4 is 11.7 Å². The van der Waals surface area contributed by atoms with Gasteiger partial charge in [-0.2, -0.15) is 0 Å². The third kappa shape index (κ3) is 4.33. The van der Waals surface area contributed by atoms with Crippen molar-refractivity contribution in [2.45, 2.75) is 26.3 Å². The second-order valence-corrected chi connectivity index (χ2v) is 3.97. The maximum atomic E-state index is 12.0. The van der Waals surface area contributed by atoms with Crippen LogP contribution in [-0.2, 0) is 4.74 Å². The topological polar surface area (TPSA) is 63.2 Å². The van der Waals surface area contributed by atoms with Gasteiger partial charge >= 0.3 is 0 Å². The summed E-state index contributed by atoms with van der Waals surface area (Å²) in [6, 6.07) is 5.38. The summed E-state index contributed by atoms with van der Waals surface area (Å²) in [6.45, 7) is 5.28. The fourth-order valence-corrected chi connectivity index (χ4v) is 1.56. The third-order valence-electron chi connectivity index (χ3n) is 2.54. The molecule has 1 rings (SSSR count). The van der Waals surface area contributed by atoms with Gasteiger partial charge in [0.25, 0.3) is 5.91 Å². The first-order valence-corrected chi connectivity index (χ1v) is 6.22. The maximum absolute atomic E-state index is 12.0. The Balaban J connectivity index is 2.68. The van der Waals surface area contributed by atoms with Gasteiger partial charge < -0.3 is 15.4 Å². The number of amides is 1. The zero-order chi connectivity index (χ0) is 13.4. The van der Waals surface area contributed by atoms with Crippen LogP contribution < -0.4 is 10.6 Å². The minimum absolute atomic E-state index is 0.0205. The van der Waals surface area contributed by atoms with Crippen LogP contribution in [0.3, 0.4) is 0 Å². The number of hydrogen-bond acceptors (Lipinski definition) is 4. The number of anilines is 1. The van der Waals surface area contributed by atoms with Gasteiger partial charge in [-0.15, -0.1) is 0 Å². The van der Waals surface area contributed by atoms with Crippen molar-refractivity contribution in [1.82, 2.24) is 10.3 Å². The van der Waals surface area contributed by atoms with Gasteiger partial charge in [0.05, 0.1) is 12.6 Å². The van der Waals surface area contributed by atoms with E-state index in [9.17, 15) is 4.79 Å². The average molecular weight is 251 g/mol. The quantitative estimate of drug-likeness (QED) is 0.773. The lowest BCUT2D eigenvalue weighted by Crippen LogP contribution is -2.37. The number of rotatable bonds is 7. The Bertz CT molecular complexity index is 382. The van der Waals surface area contributed by atoms with Crippen LogP contribution in [0.4, 0.5) is 5.82 Å². The zero-order valence-corrected chi connectivity index (χ0v) is 11.2. The van der Waals surface area contributed by atoms with Crippen LogP contribution in [-0.4, -0.2) is 37.2 Å². The summed E-state index contributed by atoms with van der Waals surface area (Å²) >= 11 is 0. The first kappa shape index (κ1) is 14.4. The van der Waals surface area contributed by atoms with E-state index < -0.39 is 0 Å². The van der Waals surface area contributed by atoms with E-state index in [1.54, 1.807) is 13.2 Å². The van der Waals surface area contributed by atoms with Crippen molar-refractivity contribution in [2.24, 2.45) is 0 Å². The Morgan fingerprint density at radius 1 is 1.44 bits per heavy atom. The van der Waals surface area contributed by atoms with E-state index in [4.69, 9.17) is 4.74 Å². The molecule has 1 heterocycles. The summed E-state index contributed by atoms with van der Waals surface area (Å²) in [4.78, 5) is 16.2. The Morgan fingerprint density at radius 2 is 2.22 bits per heavy atom. The molecule has 1 unspecified atom stereocenters. The number of nitrogens with zero attached hydrogens (tertiary/aromatic N) is 1. The van der Waals surface area contributed by atoms with E-state index in [1.165, 1.54) is 0 Å². The van der Waals surface area contributed by atoms with Crippen LogP contribution in [0.15, 0.2) is 18.2 Å². The van der Waals surface area contributed by atoms with Gasteiger partial charge in [0.15, 0.2) is 0 Å². The molecule has 0 spiro atoms. The molecule has 5 heteroatoms. The maximum Gasteiger partial charge on any atom is 0.270 e. The number of nitrogens with one attached hydrogen (secondary N) is 2. The Hall–Kier alpha value is -1.62. The Kier molecular flexibility index (Phi) is 6.14. The smallest absolute Gasteiger partial charge is 0.270 e. The molecule has 1 aromatic rings. The highest BCUT2D eigenvalue weighted by atomic mass is 16.5. The summed E-state index contributed by atoms with van der Waals surface area (Å²) in [6.07, 6.45) is 0.826. The fraction of sp³-hybridized carbons (Fsp3) is 0.538. The highest BCUT2D eigenvalue weighted by molar-refractivity contribution is 5.92. The highest BCUT2D eigenvalue weighted by Gasteiger charge is 2.13. The average Bonchev–Trinajstić information content (AvgIpc) is 2.39. The summed E-state index contributed by atoms with van der Waals surface area (Å²) in [5.41, 5.74) is 0.419. The first-order valence-electron chi connectivity index (χ1n) is 6.22. The van der Waals surface area contributed by atoms with Crippen LogP contribution in [0, 0.1) is 0 Å². The molecule has 5 nitrogen and oxygen atoms in total. The molecule has 2 N–H and O–H groups in total. The Labute approximate surface area is 108 Å². The molecule has 1 amide bonds. The standard InChI is InChI=1S/C13H21N3O2/c1-4-10(9-18-3)15-13(17)11-7-6-8-12(16-11)14-5-2/h6-8,10H,4-5,9H2,1-3H3,(H,14,16)(H,15,17). The van der Waals surface area contributed by atoms with Crippen molar-refractivity contribution < 1.29 is 9.53 Å². The predicted octanol–water partition coefficient (Wildman–Crippen LogP) is 1.67. The molecule has 0 fully saturated rings. The molecular weight excluding hydrogens is 230 g/mol. The lowest BCUT2D eigenvalue weighted by Gasteiger charge is -2.15. The lowest BCUT2D eigenvalue weighted by molar-refractivity contribution is 0.0890. The van der Waals surface area contributed by atoms with Gasteiger partial charge in [0, 0.05) is 13.7 Å². The summed E-state index contributed by atoms with van der Waals surface area (Å²) in [5, 5.41) is 5.98. The monoisotopic (exact) mass is 251 g/mol. The van der Waals surface area contributed by atoms with E-state index in [-0.39, 0.29) is 11.9 Å². The molecule has 0 saturated heterocycles. The predicted molar refractivity (Wildman–Crippen MR) is 71.8 cm³/mol. The van der Waals surface area contributed by atoms with Crippen LogP contribution in [0.2, 0.25) is 0 Å². The van der Waals surface area contributed by atoms with Crippen molar-refractivity contribution in [3.63, 3.8) is 0 Å². The van der Waals surface area contributed by atoms with Crippen LogP contribution >= 0.6 is 0 Å². The normalized spacial score (nSPS) is 11.9. The number of pyridine rings is 1. The fourth-order valence-electron chi connectivity index (χ4n) is 1.56. The highest BCUT2D eigenvalue weighted by Crippen LogP contribution is 2.05. The number of aromatic nitrogens is 1. The summed E-state index contributed by atoms with van der Waals surface area (Å²) in [5.74, 6) is 0.545. The van der Waals surface area contributed by atoms with E-state index in [0.29, 0.717) is 18.1 Å². The van der Waals surface area contributed by atoms with Crippen LogP contribution in [0.1, 0.15) is 30.8 Å². The molecule has 1 aromatic heterocycles. The van der Waals surface area contributed by atoms with Gasteiger partial charge in [0.2, 0.25) is 0 Å². The third-order valence-corrected chi connectivity index (χ3v) is 2.54. The van der Waals surface area contributed by atoms with E-state index in [0.717, 1.165) is 13.0 Å². The van der Waals surface area contributed by atoms with E-state index in [1.807, 2.05) is 26.0 Å². The van der Waals surface area contributed by atoms with Gasteiger partial charge in [-0.05, 0) is 25.5 Å². The van der Waals surface area contributed by atoms with Crippen molar-refractivity contribution in [1.29, 1.82) is 0 Å². The lowest BCUT2D eigenvalue weighted by atomic mass is 10.2. The van der Waals surface area contributed by atoms with Crippen molar-refractivity contribution in [3.8, 4) is 0 Å². The van der Waals surface area contributed by atoms with Crippen LogP contribution in [0.5, 0.6) is 0 Å². The minimum atomic E-state index is -0.168. The minimum Gasteiger partial charge on any atom is -0.383 e. The molecule has 0 aliphatic rings. The molecule has 0 radical (unpaired) electrons. The van der Waals surface area contributed by atoms with Gasteiger partial charge in [-0.3, -0.25) is 4.79 Å². The number of methoxy groups -OCH3 is 1. The number of hydrogen-bond donors (Lipinski definition) is 2. The molecule has 0 aromatic carbocycles. The molecule has 0 aliphatic heterocycles. The summed E-state index contributed by atoms with van der Waals surface area (Å²) < 4.78 is 5.05. The molecule has 0 aliphatic carbocycles. The van der Waals surface area contributed by atoms with Gasteiger partial charge in [0.1, 0.15) is 11.5 Å². The van der Waals surface area contributed by atoms with Gasteiger partial charge in [-0.25, -0.2) is 4.98 Å². The van der Waals surface area contributed by atoms with E-state index in [2.05, 4.69) is 15.6 Å². The molecule has 18 heavy (non-hydrogen) atoms. The van der Waals surface area contributed by atoms with Crippen molar-refractivity contribution in [2.75, 3.05) is 25.6 Å². The zero-order valence-electron chi connectivity index (χ0n) is 11.2. The molecule has 0 bridgehead atoms. The second-order valence-electron chi connectivity index (χ2n) is 3.97. The second kappa shape index (κ2) is 7.66. The Morgan fingerprint density at radius 3 is 2.83 bits per heavy atom. The van der Waals surface area contributed by atoms with Crippen molar-refractivity contribution in [3.05, 3.63) is 23.9 Å². The first-order chi connectivity index (χ1) is 8.71. The molecule has 0 saturated carbocycles. The van der Waals surface area contributed by atoms with E-state index >= 15 is 0 Å². The largest absolute Gasteiger partial charge is 0.383 e. The SMILES string of the molecule is CCNc1cccc(C(=O)NC(CC)COC)n1. The molecule has 1 atom stereocenters. The van der Waals surface area contributed by atoms with Gasteiger partial charge in [-0.1, -0.05) is 13.0 Å². The molecular formula is C13H21N3O2. The number of carbonyl (C=O) groups excluding carboxylic acids is 1. The number of carbonyl (C=O) groups is 1. The summed E-state index contributed by atoms with van der Waals surface area (Å²) in [7, 11) is 1.62. The van der Waals surface area contributed by atoms with Crippen LogP contribution in [0.25, 0.3) is 0 Å². The number of ether oxygens (including phenoxy) is 1. The molecule has 100 valence electrons.